The molecule has 0 saturated heterocycles. The summed E-state index contributed by atoms with van der Waals surface area (Å²) in [4.78, 5) is 11.8. The van der Waals surface area contributed by atoms with Gasteiger partial charge in [-0.15, -0.1) is 0 Å². The number of hydrogen-bond donors (Lipinski definition) is 2. The third kappa shape index (κ3) is 3.64. The van der Waals surface area contributed by atoms with Crippen LogP contribution in [0.1, 0.15) is 30.3 Å². The summed E-state index contributed by atoms with van der Waals surface area (Å²) in [7, 11) is 0. The monoisotopic (exact) mass is 287 g/mol. The smallest absolute Gasteiger partial charge is 0.267 e. The quantitative estimate of drug-likeness (QED) is 0.783. The molecule has 1 aromatic rings. The molecule has 0 aliphatic rings. The van der Waals surface area contributed by atoms with Crippen molar-refractivity contribution in [2.75, 3.05) is 13.1 Å². The third-order valence-electron chi connectivity index (χ3n) is 2.35. The summed E-state index contributed by atoms with van der Waals surface area (Å²) >= 11 is 3.37. The van der Waals surface area contributed by atoms with E-state index >= 15 is 0 Å². The maximum Gasteiger partial charge on any atom is 0.267 e. The zero-order chi connectivity index (χ0) is 12.0. The van der Waals surface area contributed by atoms with E-state index in [0.717, 1.165) is 23.9 Å². The minimum atomic E-state index is -0.0235. The van der Waals surface area contributed by atoms with Crippen LogP contribution in [0, 0.1) is 0 Å². The normalized spacial score (nSPS) is 10.4. The predicted molar refractivity (Wildman–Crippen MR) is 68.4 cm³/mol. The summed E-state index contributed by atoms with van der Waals surface area (Å²) in [6, 6.07) is 1.84. The molecule has 16 heavy (non-hydrogen) atoms. The van der Waals surface area contributed by atoms with Crippen molar-refractivity contribution in [3.63, 3.8) is 0 Å². The Kier molecular flexibility index (Phi) is 5.55. The highest BCUT2D eigenvalue weighted by molar-refractivity contribution is 9.10. The van der Waals surface area contributed by atoms with Gasteiger partial charge in [0.1, 0.15) is 5.69 Å². The van der Waals surface area contributed by atoms with E-state index in [-0.39, 0.29) is 5.91 Å². The number of carbonyl (C=O) groups excluding carboxylic acids is 1. The fourth-order valence-electron chi connectivity index (χ4n) is 1.49. The molecule has 1 aromatic heterocycles. The van der Waals surface area contributed by atoms with E-state index in [2.05, 4.69) is 21.2 Å². The number of rotatable bonds is 6. The van der Waals surface area contributed by atoms with Crippen LogP contribution >= 0.6 is 15.9 Å². The van der Waals surface area contributed by atoms with Gasteiger partial charge in [0.25, 0.3) is 5.91 Å². The minimum absolute atomic E-state index is 0.0235. The van der Waals surface area contributed by atoms with Crippen LogP contribution in [0.3, 0.4) is 0 Å². The number of halogens is 1. The van der Waals surface area contributed by atoms with Gasteiger partial charge in [0.2, 0.25) is 0 Å². The average molecular weight is 288 g/mol. The summed E-state index contributed by atoms with van der Waals surface area (Å²) < 4.78 is 2.85. The Hall–Kier alpha value is -0.810. The molecule has 0 aliphatic heterocycles. The molecule has 0 spiro atoms. The van der Waals surface area contributed by atoms with E-state index in [1.807, 2.05) is 23.8 Å². The molecular formula is C11H18BrN3O. The van der Waals surface area contributed by atoms with E-state index < -0.39 is 0 Å². The zero-order valence-corrected chi connectivity index (χ0v) is 11.1. The highest BCUT2D eigenvalue weighted by atomic mass is 79.9. The molecule has 0 aromatic carbocycles. The number of unbranched alkanes of at least 4 members (excludes halogenated alkanes) is 1. The Morgan fingerprint density at radius 1 is 1.56 bits per heavy atom. The van der Waals surface area contributed by atoms with Gasteiger partial charge in [-0.1, -0.05) is 0 Å². The molecule has 0 fully saturated rings. The Balaban J connectivity index is 2.51. The lowest BCUT2D eigenvalue weighted by Crippen LogP contribution is -2.27. The van der Waals surface area contributed by atoms with Crippen molar-refractivity contribution in [2.24, 2.45) is 5.73 Å². The van der Waals surface area contributed by atoms with Crippen LogP contribution in [0.5, 0.6) is 0 Å². The molecule has 90 valence electrons. The highest BCUT2D eigenvalue weighted by Gasteiger charge is 2.11. The number of nitrogens with zero attached hydrogens (tertiary/aromatic N) is 1. The lowest BCUT2D eigenvalue weighted by atomic mass is 10.3. The van der Waals surface area contributed by atoms with Gasteiger partial charge in [0.15, 0.2) is 0 Å². The van der Waals surface area contributed by atoms with E-state index in [4.69, 9.17) is 5.73 Å². The Labute approximate surface area is 104 Å². The van der Waals surface area contributed by atoms with Gasteiger partial charge in [-0.2, -0.15) is 0 Å². The second-order valence-electron chi connectivity index (χ2n) is 3.58. The first-order chi connectivity index (χ1) is 7.69. The topological polar surface area (TPSA) is 60.0 Å². The molecule has 1 amide bonds. The SMILES string of the molecule is CCn1cc(Br)cc1C(=O)NCCCCN. The zero-order valence-electron chi connectivity index (χ0n) is 9.50. The van der Waals surface area contributed by atoms with Crippen molar-refractivity contribution >= 4 is 21.8 Å². The summed E-state index contributed by atoms with van der Waals surface area (Å²) in [5.74, 6) is -0.0235. The van der Waals surface area contributed by atoms with Crippen molar-refractivity contribution < 1.29 is 4.79 Å². The number of amides is 1. The van der Waals surface area contributed by atoms with Crippen molar-refractivity contribution in [3.05, 3.63) is 22.4 Å². The molecule has 0 saturated carbocycles. The first-order valence-electron chi connectivity index (χ1n) is 5.53. The second kappa shape index (κ2) is 6.70. The summed E-state index contributed by atoms with van der Waals surface area (Å²) in [5.41, 5.74) is 6.08. The van der Waals surface area contributed by atoms with E-state index in [9.17, 15) is 4.79 Å². The van der Waals surface area contributed by atoms with Crippen LogP contribution in [0.2, 0.25) is 0 Å². The number of nitrogens with one attached hydrogen (secondary N) is 1. The molecular weight excluding hydrogens is 270 g/mol. The van der Waals surface area contributed by atoms with Crippen molar-refractivity contribution in [1.29, 1.82) is 0 Å². The van der Waals surface area contributed by atoms with Crippen LogP contribution in [-0.2, 0) is 6.54 Å². The predicted octanol–water partition coefficient (Wildman–Crippen LogP) is 1.74. The summed E-state index contributed by atoms with van der Waals surface area (Å²) in [6.45, 7) is 4.16. The van der Waals surface area contributed by atoms with E-state index in [1.54, 1.807) is 0 Å². The molecule has 5 heteroatoms. The second-order valence-corrected chi connectivity index (χ2v) is 4.50. The minimum Gasteiger partial charge on any atom is -0.351 e. The molecule has 0 aliphatic carbocycles. The van der Waals surface area contributed by atoms with Gasteiger partial charge in [0, 0.05) is 23.8 Å². The van der Waals surface area contributed by atoms with Gasteiger partial charge in [-0.25, -0.2) is 0 Å². The number of carbonyl (C=O) groups is 1. The summed E-state index contributed by atoms with van der Waals surface area (Å²) in [5, 5.41) is 2.89. The standard InChI is InChI=1S/C11H18BrN3O/c1-2-15-8-9(12)7-10(15)11(16)14-6-4-3-5-13/h7-8H,2-6,13H2,1H3,(H,14,16). The molecule has 0 unspecified atom stereocenters. The molecule has 4 nitrogen and oxygen atoms in total. The lowest BCUT2D eigenvalue weighted by molar-refractivity contribution is 0.0944. The maximum atomic E-state index is 11.8. The van der Waals surface area contributed by atoms with Crippen molar-refractivity contribution in [2.45, 2.75) is 26.3 Å². The van der Waals surface area contributed by atoms with E-state index in [0.29, 0.717) is 18.8 Å². The first kappa shape index (κ1) is 13.3. The largest absolute Gasteiger partial charge is 0.351 e. The molecule has 0 bridgehead atoms. The molecule has 0 atom stereocenters. The molecule has 1 rings (SSSR count). The summed E-state index contributed by atoms with van der Waals surface area (Å²) in [6.07, 6.45) is 3.78. The van der Waals surface area contributed by atoms with Crippen molar-refractivity contribution in [1.82, 2.24) is 9.88 Å². The van der Waals surface area contributed by atoms with Crippen LogP contribution in [0.4, 0.5) is 0 Å². The Morgan fingerprint density at radius 3 is 2.94 bits per heavy atom. The highest BCUT2D eigenvalue weighted by Crippen LogP contribution is 2.14. The van der Waals surface area contributed by atoms with Gasteiger partial charge in [-0.3, -0.25) is 4.79 Å². The first-order valence-corrected chi connectivity index (χ1v) is 6.32. The van der Waals surface area contributed by atoms with Gasteiger partial charge < -0.3 is 15.6 Å². The fraction of sp³-hybridized carbons (Fsp3) is 0.545. The maximum absolute atomic E-state index is 11.8. The van der Waals surface area contributed by atoms with Crippen LogP contribution in [0.25, 0.3) is 0 Å². The van der Waals surface area contributed by atoms with E-state index in [1.165, 1.54) is 0 Å². The molecule has 3 N–H and O–H groups in total. The lowest BCUT2D eigenvalue weighted by Gasteiger charge is -2.07. The number of aryl methyl sites for hydroxylation is 1. The average Bonchev–Trinajstić information content (AvgIpc) is 2.65. The van der Waals surface area contributed by atoms with Crippen molar-refractivity contribution in [3.8, 4) is 0 Å². The van der Waals surface area contributed by atoms with Crippen LogP contribution < -0.4 is 11.1 Å². The van der Waals surface area contributed by atoms with Gasteiger partial charge in [0.05, 0.1) is 0 Å². The number of nitrogens with two attached hydrogens (primary N) is 1. The Bertz CT molecular complexity index is 349. The Morgan fingerprint density at radius 2 is 2.31 bits per heavy atom. The van der Waals surface area contributed by atoms with Gasteiger partial charge >= 0.3 is 0 Å². The molecule has 1 heterocycles. The van der Waals surface area contributed by atoms with Crippen LogP contribution in [-0.4, -0.2) is 23.6 Å². The molecule has 0 radical (unpaired) electrons. The van der Waals surface area contributed by atoms with Crippen LogP contribution in [0.15, 0.2) is 16.7 Å². The number of aromatic nitrogens is 1. The fourth-order valence-corrected chi connectivity index (χ4v) is 1.95. The third-order valence-corrected chi connectivity index (χ3v) is 2.79. The number of hydrogen-bond acceptors (Lipinski definition) is 2. The van der Waals surface area contributed by atoms with Gasteiger partial charge in [-0.05, 0) is 48.3 Å².